The molecule has 0 aliphatic carbocycles. The molecule has 0 amide bonds. The summed E-state index contributed by atoms with van der Waals surface area (Å²) >= 11 is 0. The molecule has 0 radical (unpaired) electrons. The van der Waals surface area contributed by atoms with E-state index in [1.807, 2.05) is 164 Å². The van der Waals surface area contributed by atoms with Gasteiger partial charge in [-0.15, -0.1) is 0 Å². The quantitative estimate of drug-likeness (QED) is 0.104. The Labute approximate surface area is 347 Å². The lowest BCUT2D eigenvalue weighted by atomic mass is 10.1. The fourth-order valence-electron chi connectivity index (χ4n) is 6.41. The van der Waals surface area contributed by atoms with Gasteiger partial charge in [-0.3, -0.25) is 29.9 Å². The number of pyridine rings is 9. The first kappa shape index (κ1) is 37.8. The second kappa shape index (κ2) is 18.2. The summed E-state index contributed by atoms with van der Waals surface area (Å²) in [7, 11) is 0. The van der Waals surface area contributed by atoms with Crippen LogP contribution in [0.25, 0.3) is 68.3 Å². The van der Waals surface area contributed by atoms with E-state index in [0.717, 1.165) is 90.6 Å². The summed E-state index contributed by atoms with van der Waals surface area (Å²) in [4.78, 5) is 41.8. The van der Waals surface area contributed by atoms with E-state index in [-0.39, 0.29) is 0 Å². The summed E-state index contributed by atoms with van der Waals surface area (Å²) in [6.07, 6.45) is 10.8. The van der Waals surface area contributed by atoms with Crippen LogP contribution in [-0.4, -0.2) is 44.9 Å². The standard InChI is InChI=1S/C49H37N9O2/c1-3-24-50-38(8-1)44-10-5-12-46(56-44)40-20-16-34(26-52-40)30-59-32-36-18-22-42(54-28-36)48-14-7-15-49(58-48)43-23-19-37(29-55-43)33-60-31-35-17-21-41(53-27-35)47-13-6-11-45(57-47)39-9-2-4-25-51-39/h1-29H,30-33H2. The summed E-state index contributed by atoms with van der Waals surface area (Å²) < 4.78 is 12.0. The van der Waals surface area contributed by atoms with E-state index >= 15 is 0 Å². The van der Waals surface area contributed by atoms with Gasteiger partial charge in [-0.25, -0.2) is 15.0 Å². The van der Waals surface area contributed by atoms with Crippen molar-refractivity contribution in [2.45, 2.75) is 26.4 Å². The molecule has 9 rings (SSSR count). The molecule has 0 spiro atoms. The number of hydrogen-bond donors (Lipinski definition) is 0. The van der Waals surface area contributed by atoms with Crippen molar-refractivity contribution in [2.24, 2.45) is 0 Å². The summed E-state index contributed by atoms with van der Waals surface area (Å²) in [5.41, 5.74) is 13.3. The van der Waals surface area contributed by atoms with Crippen molar-refractivity contribution >= 4 is 0 Å². The molecule has 60 heavy (non-hydrogen) atoms. The van der Waals surface area contributed by atoms with Gasteiger partial charge in [-0.05, 0) is 107 Å². The number of rotatable bonds is 14. The lowest BCUT2D eigenvalue weighted by Crippen LogP contribution is -1.98. The fourth-order valence-corrected chi connectivity index (χ4v) is 6.41. The topological polar surface area (TPSA) is 134 Å². The molecule has 9 heterocycles. The van der Waals surface area contributed by atoms with Gasteiger partial charge in [0.1, 0.15) is 0 Å². The Balaban J connectivity index is 0.744. The smallest absolute Gasteiger partial charge is 0.0894 e. The zero-order chi connectivity index (χ0) is 40.4. The van der Waals surface area contributed by atoms with Crippen molar-refractivity contribution in [2.75, 3.05) is 0 Å². The van der Waals surface area contributed by atoms with Gasteiger partial charge in [-0.2, -0.15) is 0 Å². The molecular weight excluding hydrogens is 747 g/mol. The van der Waals surface area contributed by atoms with Gasteiger partial charge in [0, 0.05) is 37.2 Å². The van der Waals surface area contributed by atoms with Crippen LogP contribution in [0.3, 0.4) is 0 Å². The normalized spacial score (nSPS) is 11.1. The van der Waals surface area contributed by atoms with E-state index in [1.165, 1.54) is 0 Å². The molecule has 0 saturated heterocycles. The summed E-state index contributed by atoms with van der Waals surface area (Å²) in [5.74, 6) is 0. The molecule has 0 saturated carbocycles. The molecule has 290 valence electrons. The Morgan fingerprint density at radius 3 is 0.750 bits per heavy atom. The third kappa shape index (κ3) is 9.35. The number of aromatic nitrogens is 9. The molecule has 0 unspecified atom stereocenters. The highest BCUT2D eigenvalue weighted by Crippen LogP contribution is 2.24. The zero-order valence-electron chi connectivity index (χ0n) is 32.4. The Morgan fingerprint density at radius 2 is 0.517 bits per heavy atom. The highest BCUT2D eigenvalue weighted by atomic mass is 16.5. The number of ether oxygens (including phenoxy) is 2. The first-order valence-corrected chi connectivity index (χ1v) is 19.4. The molecule has 0 bridgehead atoms. The molecular formula is C49H37N9O2. The van der Waals surface area contributed by atoms with Gasteiger partial charge in [0.2, 0.25) is 0 Å². The minimum Gasteiger partial charge on any atom is -0.372 e. The Hall–Kier alpha value is -7.73. The van der Waals surface area contributed by atoms with E-state index < -0.39 is 0 Å². The number of hydrogen-bond acceptors (Lipinski definition) is 11. The van der Waals surface area contributed by atoms with Gasteiger partial charge < -0.3 is 9.47 Å². The monoisotopic (exact) mass is 783 g/mol. The van der Waals surface area contributed by atoms with Crippen LogP contribution < -0.4 is 0 Å². The van der Waals surface area contributed by atoms with Gasteiger partial charge in [-0.1, -0.05) is 54.6 Å². The molecule has 11 heteroatoms. The lowest BCUT2D eigenvalue weighted by Gasteiger charge is -2.08. The fraction of sp³-hybridized carbons (Fsp3) is 0.0816. The average molecular weight is 784 g/mol. The van der Waals surface area contributed by atoms with Crippen molar-refractivity contribution in [3.05, 3.63) is 199 Å². The third-order valence-electron chi connectivity index (χ3n) is 9.53. The molecule has 9 aromatic heterocycles. The Bertz CT molecular complexity index is 2600. The largest absolute Gasteiger partial charge is 0.372 e. The van der Waals surface area contributed by atoms with Crippen LogP contribution in [0.5, 0.6) is 0 Å². The van der Waals surface area contributed by atoms with E-state index in [0.29, 0.717) is 26.4 Å². The lowest BCUT2D eigenvalue weighted by molar-refractivity contribution is 0.107. The summed E-state index contributed by atoms with van der Waals surface area (Å²) in [6, 6.07) is 45.0. The average Bonchev–Trinajstić information content (AvgIpc) is 3.33. The van der Waals surface area contributed by atoms with Crippen molar-refractivity contribution in [1.29, 1.82) is 0 Å². The molecule has 0 aliphatic heterocycles. The van der Waals surface area contributed by atoms with E-state index in [2.05, 4.69) is 29.9 Å². The van der Waals surface area contributed by atoms with Crippen LogP contribution in [0.15, 0.2) is 177 Å². The molecule has 0 aromatic carbocycles. The SMILES string of the molecule is c1ccc(-c2cccc(-c3ccc(COCc4ccc(-c5cccc(-c6ccc(COCc7ccc(-c8cccc(-c9ccccn9)n8)nc7)cn6)n5)nc4)cn3)n2)nc1. The van der Waals surface area contributed by atoms with Crippen LogP contribution in [0, 0.1) is 0 Å². The maximum Gasteiger partial charge on any atom is 0.0894 e. The Kier molecular flexibility index (Phi) is 11.5. The third-order valence-corrected chi connectivity index (χ3v) is 9.53. The molecule has 11 nitrogen and oxygen atoms in total. The number of nitrogens with zero attached hydrogens (tertiary/aromatic N) is 9. The van der Waals surface area contributed by atoms with Gasteiger partial charge in [0.05, 0.1) is 94.8 Å². The molecule has 9 aromatic rings. The maximum atomic E-state index is 6.00. The molecule has 0 N–H and O–H groups in total. The highest BCUT2D eigenvalue weighted by molar-refractivity contribution is 5.64. The van der Waals surface area contributed by atoms with E-state index in [1.54, 1.807) is 12.4 Å². The van der Waals surface area contributed by atoms with Gasteiger partial charge >= 0.3 is 0 Å². The molecule has 0 aliphatic rings. The van der Waals surface area contributed by atoms with Crippen molar-refractivity contribution < 1.29 is 9.47 Å². The van der Waals surface area contributed by atoms with Crippen molar-refractivity contribution in [1.82, 2.24) is 44.9 Å². The van der Waals surface area contributed by atoms with E-state index in [9.17, 15) is 0 Å². The second-order valence-electron chi connectivity index (χ2n) is 13.8. The van der Waals surface area contributed by atoms with Crippen LogP contribution in [0.2, 0.25) is 0 Å². The maximum absolute atomic E-state index is 6.00. The minimum atomic E-state index is 0.416. The van der Waals surface area contributed by atoms with Crippen LogP contribution in [0.4, 0.5) is 0 Å². The zero-order valence-corrected chi connectivity index (χ0v) is 32.4. The van der Waals surface area contributed by atoms with Crippen molar-refractivity contribution in [3.63, 3.8) is 0 Å². The van der Waals surface area contributed by atoms with E-state index in [4.69, 9.17) is 24.4 Å². The second-order valence-corrected chi connectivity index (χ2v) is 13.8. The molecule has 0 fully saturated rings. The minimum absolute atomic E-state index is 0.416. The highest BCUT2D eigenvalue weighted by Gasteiger charge is 2.10. The molecule has 0 atom stereocenters. The first-order chi connectivity index (χ1) is 29.7. The summed E-state index contributed by atoms with van der Waals surface area (Å²) in [6.45, 7) is 1.68. The summed E-state index contributed by atoms with van der Waals surface area (Å²) in [5, 5.41) is 0. The van der Waals surface area contributed by atoms with Crippen LogP contribution >= 0.6 is 0 Å². The van der Waals surface area contributed by atoms with Crippen LogP contribution in [-0.2, 0) is 35.9 Å². The van der Waals surface area contributed by atoms with Gasteiger partial charge in [0.25, 0.3) is 0 Å². The predicted molar refractivity (Wildman–Crippen MR) is 229 cm³/mol. The first-order valence-electron chi connectivity index (χ1n) is 19.4. The Morgan fingerprint density at radius 1 is 0.250 bits per heavy atom. The van der Waals surface area contributed by atoms with Crippen molar-refractivity contribution in [3.8, 4) is 68.3 Å². The predicted octanol–water partition coefficient (Wildman–Crippen LogP) is 9.68. The van der Waals surface area contributed by atoms with Gasteiger partial charge in [0.15, 0.2) is 0 Å². The van der Waals surface area contributed by atoms with Crippen LogP contribution in [0.1, 0.15) is 22.3 Å².